The van der Waals surface area contributed by atoms with Gasteiger partial charge in [0.15, 0.2) is 0 Å². The Morgan fingerprint density at radius 3 is 2.26 bits per heavy atom. The molecule has 3 aromatic rings. The van der Waals surface area contributed by atoms with E-state index in [4.69, 9.17) is 5.14 Å². The third-order valence-electron chi connectivity index (χ3n) is 5.51. The van der Waals surface area contributed by atoms with E-state index in [0.29, 0.717) is 30.2 Å². The molecule has 8 nitrogen and oxygen atoms in total. The molecule has 0 unspecified atom stereocenters. The maximum Gasteiger partial charge on any atom is 0.238 e. The number of aromatic nitrogens is 2. The number of amides is 1. The van der Waals surface area contributed by atoms with Gasteiger partial charge in [0.2, 0.25) is 21.9 Å². The third kappa shape index (κ3) is 4.57. The minimum absolute atomic E-state index is 0.0233. The molecule has 0 saturated heterocycles. The number of primary sulfonamides is 1. The zero-order chi connectivity index (χ0) is 21.9. The molecular weight excluding hydrogens is 414 g/mol. The number of nitrogens with zero attached hydrogens (tertiary/aromatic N) is 2. The maximum absolute atomic E-state index is 13.3. The summed E-state index contributed by atoms with van der Waals surface area (Å²) in [7, 11) is -3.76. The van der Waals surface area contributed by atoms with E-state index < -0.39 is 15.4 Å². The van der Waals surface area contributed by atoms with Crippen LogP contribution in [0.5, 0.6) is 0 Å². The van der Waals surface area contributed by atoms with Crippen LogP contribution < -0.4 is 15.8 Å². The number of carbonyl (C=O) groups excluding carboxylic acids is 1. The fourth-order valence-corrected chi connectivity index (χ4v) is 4.41. The fourth-order valence-electron chi connectivity index (χ4n) is 3.89. The van der Waals surface area contributed by atoms with Gasteiger partial charge in [-0.05, 0) is 55.3 Å². The number of hydrogen-bond acceptors (Lipinski definition) is 6. The first-order valence-corrected chi connectivity index (χ1v) is 11.5. The lowest BCUT2D eigenvalue weighted by molar-refractivity contribution is -0.121. The van der Waals surface area contributed by atoms with Crippen LogP contribution in [-0.4, -0.2) is 24.3 Å². The number of nitrogens with one attached hydrogen (secondary N) is 2. The molecular formula is C22H23N5O3S. The van der Waals surface area contributed by atoms with E-state index in [2.05, 4.69) is 20.6 Å². The summed E-state index contributed by atoms with van der Waals surface area (Å²) in [5, 5.41) is 11.2. The van der Waals surface area contributed by atoms with Gasteiger partial charge in [-0.15, -0.1) is 0 Å². The molecule has 1 heterocycles. The highest BCUT2D eigenvalue weighted by Gasteiger charge is 2.44. The van der Waals surface area contributed by atoms with E-state index in [-0.39, 0.29) is 10.8 Å². The van der Waals surface area contributed by atoms with Gasteiger partial charge in [0.25, 0.3) is 0 Å². The van der Waals surface area contributed by atoms with Gasteiger partial charge in [-0.25, -0.2) is 23.5 Å². The average Bonchev–Trinajstić information content (AvgIpc) is 3.26. The number of para-hydroxylation sites is 1. The van der Waals surface area contributed by atoms with Crippen LogP contribution in [0.3, 0.4) is 0 Å². The number of carbonyl (C=O) groups is 1. The molecule has 1 amide bonds. The average molecular weight is 438 g/mol. The molecule has 9 heteroatoms. The molecule has 4 N–H and O–H groups in total. The van der Waals surface area contributed by atoms with Crippen LogP contribution >= 0.6 is 0 Å². The third-order valence-corrected chi connectivity index (χ3v) is 6.44. The SMILES string of the molecule is NS(=O)(=O)c1ccc(Nc2nccc(C3(C(=O)Nc4ccccc4)CCCC3)n2)cc1. The van der Waals surface area contributed by atoms with Crippen LogP contribution in [-0.2, 0) is 20.2 Å². The standard InChI is InChI=1S/C22H23N5O3S/c23-31(29,30)18-10-8-17(9-11-18)26-21-24-15-12-19(27-21)22(13-4-5-14-22)20(28)25-16-6-2-1-3-7-16/h1-3,6-12,15H,4-5,13-14H2,(H,25,28)(H2,23,29,30)(H,24,26,27). The van der Waals surface area contributed by atoms with E-state index in [1.54, 1.807) is 24.4 Å². The predicted molar refractivity (Wildman–Crippen MR) is 118 cm³/mol. The second-order valence-electron chi connectivity index (χ2n) is 7.57. The minimum Gasteiger partial charge on any atom is -0.325 e. The molecule has 1 saturated carbocycles. The molecule has 4 rings (SSSR count). The number of nitrogens with two attached hydrogens (primary N) is 1. The summed E-state index contributed by atoms with van der Waals surface area (Å²) in [6.45, 7) is 0. The van der Waals surface area contributed by atoms with Gasteiger partial charge < -0.3 is 10.6 Å². The summed E-state index contributed by atoms with van der Waals surface area (Å²) in [5.74, 6) is 0.262. The van der Waals surface area contributed by atoms with Crippen LogP contribution in [0.15, 0.2) is 71.8 Å². The molecule has 0 spiro atoms. The van der Waals surface area contributed by atoms with Crippen molar-refractivity contribution in [1.29, 1.82) is 0 Å². The largest absolute Gasteiger partial charge is 0.325 e. The Labute approximate surface area is 181 Å². The highest BCUT2D eigenvalue weighted by molar-refractivity contribution is 7.89. The highest BCUT2D eigenvalue weighted by Crippen LogP contribution is 2.41. The summed E-state index contributed by atoms with van der Waals surface area (Å²) in [5.41, 5.74) is 1.31. The highest BCUT2D eigenvalue weighted by atomic mass is 32.2. The number of rotatable bonds is 6. The van der Waals surface area contributed by atoms with E-state index in [0.717, 1.165) is 18.5 Å². The van der Waals surface area contributed by atoms with Crippen molar-refractivity contribution in [2.45, 2.75) is 36.0 Å². The quantitative estimate of drug-likeness (QED) is 0.543. The van der Waals surface area contributed by atoms with Crippen LogP contribution in [0, 0.1) is 0 Å². The van der Waals surface area contributed by atoms with Crippen LogP contribution in [0.4, 0.5) is 17.3 Å². The second-order valence-corrected chi connectivity index (χ2v) is 9.13. The van der Waals surface area contributed by atoms with Gasteiger partial charge in [-0.1, -0.05) is 31.0 Å². The van der Waals surface area contributed by atoms with Crippen molar-refractivity contribution in [2.75, 3.05) is 10.6 Å². The molecule has 1 fully saturated rings. The van der Waals surface area contributed by atoms with Crippen molar-refractivity contribution < 1.29 is 13.2 Å². The molecule has 1 aliphatic rings. The van der Waals surface area contributed by atoms with Gasteiger partial charge in [-0.2, -0.15) is 0 Å². The lowest BCUT2D eigenvalue weighted by atomic mass is 9.81. The van der Waals surface area contributed by atoms with Crippen molar-refractivity contribution in [2.24, 2.45) is 5.14 Å². The van der Waals surface area contributed by atoms with Crippen molar-refractivity contribution in [3.8, 4) is 0 Å². The molecule has 0 radical (unpaired) electrons. The van der Waals surface area contributed by atoms with Crippen LogP contribution in [0.1, 0.15) is 31.4 Å². The monoisotopic (exact) mass is 437 g/mol. The Balaban J connectivity index is 1.58. The molecule has 31 heavy (non-hydrogen) atoms. The molecule has 0 atom stereocenters. The Morgan fingerprint density at radius 1 is 0.935 bits per heavy atom. The predicted octanol–water partition coefficient (Wildman–Crippen LogP) is 3.32. The molecule has 0 bridgehead atoms. The van der Waals surface area contributed by atoms with Crippen molar-refractivity contribution in [1.82, 2.24) is 9.97 Å². The Morgan fingerprint density at radius 2 is 1.61 bits per heavy atom. The Bertz CT molecular complexity index is 1180. The first-order valence-electron chi connectivity index (χ1n) is 9.97. The number of anilines is 3. The summed E-state index contributed by atoms with van der Waals surface area (Å²) in [6, 6.07) is 17.2. The summed E-state index contributed by atoms with van der Waals surface area (Å²) >= 11 is 0. The van der Waals surface area contributed by atoms with E-state index in [1.807, 2.05) is 30.3 Å². The Hall–Kier alpha value is -3.30. The van der Waals surface area contributed by atoms with E-state index >= 15 is 0 Å². The van der Waals surface area contributed by atoms with Crippen molar-refractivity contribution in [3.63, 3.8) is 0 Å². The lowest BCUT2D eigenvalue weighted by Crippen LogP contribution is -2.38. The molecule has 0 aliphatic heterocycles. The van der Waals surface area contributed by atoms with Crippen LogP contribution in [0.2, 0.25) is 0 Å². The van der Waals surface area contributed by atoms with Gasteiger partial charge in [0.05, 0.1) is 16.0 Å². The molecule has 1 aliphatic carbocycles. The first kappa shape index (κ1) is 21.0. The fraction of sp³-hybridized carbons (Fsp3) is 0.227. The normalized spacial score (nSPS) is 15.4. The number of sulfonamides is 1. The summed E-state index contributed by atoms with van der Waals surface area (Å²) < 4.78 is 22.8. The van der Waals surface area contributed by atoms with Gasteiger partial charge in [0, 0.05) is 17.6 Å². The lowest BCUT2D eigenvalue weighted by Gasteiger charge is -2.27. The molecule has 160 valence electrons. The van der Waals surface area contributed by atoms with Gasteiger partial charge >= 0.3 is 0 Å². The first-order chi connectivity index (χ1) is 14.9. The minimum atomic E-state index is -3.76. The summed E-state index contributed by atoms with van der Waals surface area (Å²) in [4.78, 5) is 22.2. The summed E-state index contributed by atoms with van der Waals surface area (Å²) in [6.07, 6.45) is 4.95. The zero-order valence-electron chi connectivity index (χ0n) is 16.8. The van der Waals surface area contributed by atoms with Crippen molar-refractivity contribution >= 4 is 33.3 Å². The molecule has 1 aromatic heterocycles. The van der Waals surface area contributed by atoms with E-state index in [9.17, 15) is 13.2 Å². The molecule has 2 aromatic carbocycles. The Kier molecular flexibility index (Phi) is 5.71. The smallest absolute Gasteiger partial charge is 0.238 e. The number of hydrogen-bond donors (Lipinski definition) is 3. The number of benzene rings is 2. The zero-order valence-corrected chi connectivity index (χ0v) is 17.6. The van der Waals surface area contributed by atoms with Crippen LogP contribution in [0.25, 0.3) is 0 Å². The maximum atomic E-state index is 13.3. The second kappa shape index (κ2) is 8.44. The van der Waals surface area contributed by atoms with Gasteiger partial charge in [0.1, 0.15) is 0 Å². The van der Waals surface area contributed by atoms with Gasteiger partial charge in [-0.3, -0.25) is 4.79 Å². The topological polar surface area (TPSA) is 127 Å². The van der Waals surface area contributed by atoms with E-state index in [1.165, 1.54) is 12.1 Å². The van der Waals surface area contributed by atoms with Crippen molar-refractivity contribution in [3.05, 3.63) is 72.6 Å².